The van der Waals surface area contributed by atoms with Crippen LogP contribution in [0, 0.1) is 0 Å². The number of halogens is 1. The molecule has 3 N–H and O–H groups in total. The second kappa shape index (κ2) is 5.46. The molecule has 0 unspecified atom stereocenters. The Balaban J connectivity index is 1.90. The summed E-state index contributed by atoms with van der Waals surface area (Å²) >= 11 is 6.16. The maximum Gasteiger partial charge on any atom is 0.412 e. The van der Waals surface area contributed by atoms with E-state index in [1.54, 1.807) is 0 Å². The topological polar surface area (TPSA) is 81.0 Å². The number of carbonyl (C=O) groups is 1. The van der Waals surface area contributed by atoms with E-state index in [0.29, 0.717) is 11.9 Å². The van der Waals surface area contributed by atoms with Gasteiger partial charge in [0.15, 0.2) is 0 Å². The fraction of sp³-hybridized carbons (Fsp3) is 0.0667. The Kier molecular flexibility index (Phi) is 3.50. The number of H-pyrrole nitrogens is 1. The van der Waals surface area contributed by atoms with Gasteiger partial charge >= 0.3 is 12.1 Å². The van der Waals surface area contributed by atoms with Gasteiger partial charge in [0.2, 0.25) is 0 Å². The molecule has 5 nitrogen and oxygen atoms in total. The summed E-state index contributed by atoms with van der Waals surface area (Å²) in [6.07, 6.45) is -0.195. The first-order chi connectivity index (χ1) is 10.1. The number of nitrogens with zero attached hydrogens (tertiary/aromatic N) is 1. The van der Waals surface area contributed by atoms with Gasteiger partial charge in [-0.25, -0.2) is 4.79 Å². The average molecular weight is 302 g/mol. The molecule has 0 spiro atoms. The van der Waals surface area contributed by atoms with Crippen LogP contribution in [0.1, 0.15) is 11.1 Å². The third kappa shape index (κ3) is 2.98. The highest BCUT2D eigenvalue weighted by atomic mass is 35.5. The van der Waals surface area contributed by atoms with Gasteiger partial charge in [-0.3, -0.25) is 0 Å². The molecular formula is C15H12ClN3O2. The van der Waals surface area contributed by atoms with Crippen molar-refractivity contribution in [3.63, 3.8) is 0 Å². The van der Waals surface area contributed by atoms with Gasteiger partial charge in [-0.1, -0.05) is 35.9 Å². The molecule has 0 aliphatic heterocycles. The Morgan fingerprint density at radius 2 is 2.10 bits per heavy atom. The van der Waals surface area contributed by atoms with Crippen molar-refractivity contribution in [3.8, 4) is 6.01 Å². The zero-order valence-corrected chi connectivity index (χ0v) is 11.7. The van der Waals surface area contributed by atoms with E-state index in [2.05, 4.69) is 9.97 Å². The Labute approximate surface area is 125 Å². The van der Waals surface area contributed by atoms with E-state index in [-0.39, 0.29) is 6.01 Å². The van der Waals surface area contributed by atoms with E-state index in [1.807, 2.05) is 42.5 Å². The fourth-order valence-electron chi connectivity index (χ4n) is 2.14. The van der Waals surface area contributed by atoms with Crippen LogP contribution in [0.25, 0.3) is 11.0 Å². The predicted molar refractivity (Wildman–Crippen MR) is 80.6 cm³/mol. The number of aromatic amines is 1. The lowest BCUT2D eigenvalue weighted by atomic mass is 10.0. The number of hydrogen-bond donors (Lipinski definition) is 2. The molecule has 1 aromatic heterocycles. The number of nitrogens with one attached hydrogen (secondary N) is 1. The van der Waals surface area contributed by atoms with Crippen LogP contribution >= 0.6 is 11.6 Å². The number of ether oxygens (including phenoxy) is 1. The van der Waals surface area contributed by atoms with Crippen molar-refractivity contribution in [3.05, 3.63) is 58.6 Å². The second-order valence-corrected chi connectivity index (χ2v) is 4.99. The van der Waals surface area contributed by atoms with Crippen LogP contribution in [0.5, 0.6) is 6.01 Å². The number of carbonyl (C=O) groups excluding carboxylic acids is 1. The molecule has 1 heterocycles. The minimum absolute atomic E-state index is 0.0902. The summed E-state index contributed by atoms with van der Waals surface area (Å²) in [5.41, 5.74) is 8.54. The molecule has 0 saturated carbocycles. The van der Waals surface area contributed by atoms with Gasteiger partial charge in [0, 0.05) is 5.02 Å². The maximum absolute atomic E-state index is 10.7. The highest BCUT2D eigenvalue weighted by Crippen LogP contribution is 2.22. The van der Waals surface area contributed by atoms with Gasteiger partial charge in [-0.2, -0.15) is 4.98 Å². The molecule has 2 aromatic carbocycles. The van der Waals surface area contributed by atoms with E-state index < -0.39 is 6.09 Å². The van der Waals surface area contributed by atoms with Crippen LogP contribution in [0.15, 0.2) is 42.5 Å². The number of hydrogen-bond acceptors (Lipinski definition) is 3. The number of benzene rings is 2. The van der Waals surface area contributed by atoms with Crippen molar-refractivity contribution >= 4 is 28.7 Å². The number of primary amides is 1. The summed E-state index contributed by atoms with van der Waals surface area (Å²) in [7, 11) is 0. The van der Waals surface area contributed by atoms with Gasteiger partial charge in [0.05, 0.1) is 11.0 Å². The molecule has 3 rings (SSSR count). The quantitative estimate of drug-likeness (QED) is 0.779. The molecule has 0 aliphatic carbocycles. The SMILES string of the molecule is NC(=O)Oc1nc2cc(Cc3ccccc3Cl)ccc2[nH]1. The number of fused-ring (bicyclic) bond motifs is 1. The molecule has 106 valence electrons. The third-order valence-corrected chi connectivity index (χ3v) is 3.44. The molecule has 0 saturated heterocycles. The first-order valence-electron chi connectivity index (χ1n) is 6.31. The van der Waals surface area contributed by atoms with Gasteiger partial charge in [-0.15, -0.1) is 0 Å². The lowest BCUT2D eigenvalue weighted by Crippen LogP contribution is -2.16. The normalized spacial score (nSPS) is 10.7. The molecule has 21 heavy (non-hydrogen) atoms. The van der Waals surface area contributed by atoms with E-state index in [4.69, 9.17) is 22.1 Å². The van der Waals surface area contributed by atoms with Gasteiger partial charge in [0.25, 0.3) is 0 Å². The molecule has 0 aliphatic rings. The number of aromatic nitrogens is 2. The van der Waals surface area contributed by atoms with Crippen molar-refractivity contribution < 1.29 is 9.53 Å². The highest BCUT2D eigenvalue weighted by Gasteiger charge is 2.08. The summed E-state index contributed by atoms with van der Waals surface area (Å²) in [6, 6.07) is 13.6. The van der Waals surface area contributed by atoms with Crippen molar-refractivity contribution in [2.24, 2.45) is 5.73 Å². The Morgan fingerprint density at radius 1 is 1.29 bits per heavy atom. The van der Waals surface area contributed by atoms with Crippen molar-refractivity contribution in [1.29, 1.82) is 0 Å². The van der Waals surface area contributed by atoms with Crippen LogP contribution in [0.3, 0.4) is 0 Å². The molecule has 3 aromatic rings. The zero-order chi connectivity index (χ0) is 14.8. The van der Waals surface area contributed by atoms with Gasteiger partial charge in [0.1, 0.15) is 0 Å². The molecule has 1 amide bonds. The molecule has 0 fully saturated rings. The van der Waals surface area contributed by atoms with Crippen LogP contribution in [-0.2, 0) is 6.42 Å². The Morgan fingerprint density at radius 3 is 2.86 bits per heavy atom. The summed E-state index contributed by atoms with van der Waals surface area (Å²) < 4.78 is 4.73. The summed E-state index contributed by atoms with van der Waals surface area (Å²) in [5.74, 6) is 0. The van der Waals surface area contributed by atoms with E-state index in [0.717, 1.165) is 21.7 Å². The molecule has 6 heteroatoms. The first kappa shape index (κ1) is 13.5. The minimum Gasteiger partial charge on any atom is -0.376 e. The monoisotopic (exact) mass is 301 g/mol. The number of nitrogens with two attached hydrogens (primary N) is 1. The van der Waals surface area contributed by atoms with Gasteiger partial charge < -0.3 is 15.5 Å². The molecule has 0 radical (unpaired) electrons. The smallest absolute Gasteiger partial charge is 0.376 e. The van der Waals surface area contributed by atoms with Gasteiger partial charge in [-0.05, 0) is 35.7 Å². The van der Waals surface area contributed by atoms with Crippen molar-refractivity contribution in [1.82, 2.24) is 9.97 Å². The molecular weight excluding hydrogens is 290 g/mol. The standard InChI is InChI=1S/C15H12ClN3O2/c16-11-4-2-1-3-10(11)7-9-5-6-12-13(8-9)19-15(18-12)21-14(17)20/h1-6,8H,7H2,(H2,17,20)(H,18,19). The first-order valence-corrected chi connectivity index (χ1v) is 6.69. The van der Waals surface area contributed by atoms with Crippen LogP contribution in [-0.4, -0.2) is 16.1 Å². The Bertz CT molecular complexity index is 814. The summed E-state index contributed by atoms with van der Waals surface area (Å²) in [6.45, 7) is 0. The van der Waals surface area contributed by atoms with Crippen LogP contribution < -0.4 is 10.5 Å². The minimum atomic E-state index is -0.898. The molecule has 0 bridgehead atoms. The average Bonchev–Trinajstić information content (AvgIpc) is 2.82. The van der Waals surface area contributed by atoms with E-state index in [1.165, 1.54) is 0 Å². The lowest BCUT2D eigenvalue weighted by Gasteiger charge is -2.04. The van der Waals surface area contributed by atoms with E-state index in [9.17, 15) is 4.79 Å². The second-order valence-electron chi connectivity index (χ2n) is 4.58. The van der Waals surface area contributed by atoms with Crippen LogP contribution in [0.2, 0.25) is 5.02 Å². The van der Waals surface area contributed by atoms with Crippen molar-refractivity contribution in [2.45, 2.75) is 6.42 Å². The molecule has 0 atom stereocenters. The summed E-state index contributed by atoms with van der Waals surface area (Å²) in [5, 5.41) is 0.734. The lowest BCUT2D eigenvalue weighted by molar-refractivity contribution is 0.207. The van der Waals surface area contributed by atoms with Crippen molar-refractivity contribution in [2.75, 3.05) is 0 Å². The van der Waals surface area contributed by atoms with E-state index >= 15 is 0 Å². The number of imidazole rings is 1. The zero-order valence-electron chi connectivity index (χ0n) is 11.0. The highest BCUT2D eigenvalue weighted by molar-refractivity contribution is 6.31. The summed E-state index contributed by atoms with van der Waals surface area (Å²) in [4.78, 5) is 17.8. The fourth-order valence-corrected chi connectivity index (χ4v) is 2.35. The Hall–Kier alpha value is -2.53. The third-order valence-electron chi connectivity index (χ3n) is 3.08. The largest absolute Gasteiger partial charge is 0.412 e. The number of rotatable bonds is 3. The maximum atomic E-state index is 10.7. The van der Waals surface area contributed by atoms with Crippen LogP contribution in [0.4, 0.5) is 4.79 Å². The number of amides is 1. The predicted octanol–water partition coefficient (Wildman–Crippen LogP) is 3.26.